The maximum absolute atomic E-state index is 2.63. The number of benzene rings is 4. The Labute approximate surface area is 247 Å². The average molecular weight is 571 g/mol. The fourth-order valence-electron chi connectivity index (χ4n) is 4.94. The molecule has 1 aliphatic heterocycles. The lowest BCUT2D eigenvalue weighted by Crippen LogP contribution is -2.27. The molecule has 202 valence electrons. The van der Waals surface area contributed by atoms with Gasteiger partial charge in [-0.15, -0.1) is 23.5 Å². The highest BCUT2D eigenvalue weighted by atomic mass is 32.2. The van der Waals surface area contributed by atoms with Crippen LogP contribution in [0.2, 0.25) is 0 Å². The van der Waals surface area contributed by atoms with Gasteiger partial charge < -0.3 is 0 Å². The van der Waals surface area contributed by atoms with Crippen molar-refractivity contribution in [2.75, 3.05) is 36.1 Å². The second kappa shape index (κ2) is 15.6. The molecule has 0 spiro atoms. The van der Waals surface area contributed by atoms with E-state index in [9.17, 15) is 0 Å². The van der Waals surface area contributed by atoms with Crippen molar-refractivity contribution in [2.24, 2.45) is 0 Å². The van der Waals surface area contributed by atoms with Crippen molar-refractivity contribution in [1.82, 2.24) is 9.80 Å². The van der Waals surface area contributed by atoms with E-state index in [0.29, 0.717) is 0 Å². The number of fused-ring (bicyclic) bond motifs is 2. The van der Waals surface area contributed by atoms with Crippen LogP contribution >= 0.6 is 35.3 Å². The molecule has 0 radical (unpaired) electrons. The zero-order valence-corrected chi connectivity index (χ0v) is 25.0. The van der Waals surface area contributed by atoms with E-state index in [1.807, 2.05) is 23.5 Å². The fourth-order valence-corrected chi connectivity index (χ4v) is 8.01. The first-order valence-corrected chi connectivity index (χ1v) is 17.0. The third-order valence-electron chi connectivity index (χ3n) is 6.93. The Balaban J connectivity index is 1.33. The SMILES string of the molecule is c1ccc(CN2CCSCCN(Cc3ccccc3)Cc3ccccc3SCCSc3ccccc3C2)cc1. The maximum Gasteiger partial charge on any atom is 0.0248 e. The first kappa shape index (κ1) is 28.4. The van der Waals surface area contributed by atoms with Gasteiger partial charge in [0.05, 0.1) is 0 Å². The number of rotatable bonds is 4. The van der Waals surface area contributed by atoms with Gasteiger partial charge in [0.15, 0.2) is 0 Å². The van der Waals surface area contributed by atoms with Crippen LogP contribution in [-0.2, 0) is 26.2 Å². The number of thioether (sulfide) groups is 3. The van der Waals surface area contributed by atoms with Crippen LogP contribution in [0.3, 0.4) is 0 Å². The normalized spacial score (nSPS) is 16.6. The Morgan fingerprint density at radius 2 is 0.872 bits per heavy atom. The molecule has 0 unspecified atom stereocenters. The Kier molecular flexibility index (Phi) is 11.3. The van der Waals surface area contributed by atoms with Gasteiger partial charge in [-0.1, -0.05) is 97.1 Å². The molecule has 5 rings (SSSR count). The molecule has 39 heavy (non-hydrogen) atoms. The molecule has 0 saturated carbocycles. The van der Waals surface area contributed by atoms with Crippen molar-refractivity contribution in [3.63, 3.8) is 0 Å². The van der Waals surface area contributed by atoms with Crippen LogP contribution in [0.5, 0.6) is 0 Å². The number of hydrogen-bond donors (Lipinski definition) is 0. The number of hydrogen-bond acceptors (Lipinski definition) is 5. The molecule has 4 aromatic carbocycles. The minimum atomic E-state index is 0.992. The summed E-state index contributed by atoms with van der Waals surface area (Å²) in [4.78, 5) is 8.11. The predicted octanol–water partition coefficient (Wildman–Crippen LogP) is 8.32. The molecule has 1 aliphatic rings. The van der Waals surface area contributed by atoms with E-state index in [1.165, 1.54) is 32.0 Å². The third-order valence-corrected chi connectivity index (χ3v) is 10.4. The molecule has 0 atom stereocenters. The quantitative estimate of drug-likeness (QED) is 0.243. The van der Waals surface area contributed by atoms with Gasteiger partial charge in [-0.3, -0.25) is 9.80 Å². The zero-order valence-electron chi connectivity index (χ0n) is 22.6. The summed E-state index contributed by atoms with van der Waals surface area (Å²) < 4.78 is 0. The third kappa shape index (κ3) is 9.19. The minimum absolute atomic E-state index is 0.992. The van der Waals surface area contributed by atoms with Gasteiger partial charge >= 0.3 is 0 Å². The van der Waals surface area contributed by atoms with E-state index in [0.717, 1.165) is 62.3 Å². The van der Waals surface area contributed by atoms with Crippen LogP contribution in [0.25, 0.3) is 0 Å². The molecular weight excluding hydrogens is 533 g/mol. The lowest BCUT2D eigenvalue weighted by molar-refractivity contribution is 0.269. The Hall–Kier alpha value is -2.15. The molecule has 0 aliphatic carbocycles. The lowest BCUT2D eigenvalue weighted by atomic mass is 10.1. The Morgan fingerprint density at radius 1 is 0.462 bits per heavy atom. The van der Waals surface area contributed by atoms with Gasteiger partial charge in [-0.25, -0.2) is 0 Å². The molecule has 0 aromatic heterocycles. The summed E-state index contributed by atoms with van der Waals surface area (Å²) in [5, 5.41) is 0. The van der Waals surface area contributed by atoms with E-state index in [1.54, 1.807) is 0 Å². The first-order valence-electron chi connectivity index (χ1n) is 13.9. The monoisotopic (exact) mass is 570 g/mol. The van der Waals surface area contributed by atoms with E-state index < -0.39 is 0 Å². The molecule has 4 aromatic rings. The molecule has 0 N–H and O–H groups in total. The molecule has 1 heterocycles. The fraction of sp³-hybridized carbons (Fsp3) is 0.294. The minimum Gasteiger partial charge on any atom is -0.294 e. The topological polar surface area (TPSA) is 6.48 Å². The molecular formula is C34H38N2S3. The van der Waals surface area contributed by atoms with Gasteiger partial charge in [0, 0.05) is 72.1 Å². The molecule has 0 bridgehead atoms. The standard InChI is InChI=1S/C34H38N2S3/c1-3-11-29(12-4-1)25-35-19-21-37-22-20-36(26-30-13-5-2-6-14-30)28-32-16-8-10-18-34(32)39-24-23-38-33-17-9-7-15-31(33)27-35/h1-18H,19-28H2. The highest BCUT2D eigenvalue weighted by Crippen LogP contribution is 2.29. The largest absolute Gasteiger partial charge is 0.294 e. The smallest absolute Gasteiger partial charge is 0.0248 e. The summed E-state index contributed by atoms with van der Waals surface area (Å²) >= 11 is 6.11. The maximum atomic E-state index is 2.63. The summed E-state index contributed by atoms with van der Waals surface area (Å²) in [6, 6.07) is 39.9. The number of nitrogens with zero attached hydrogens (tertiary/aromatic N) is 2. The molecule has 0 fully saturated rings. The molecule has 0 saturated heterocycles. The Bertz CT molecular complexity index is 1170. The van der Waals surface area contributed by atoms with Gasteiger partial charge in [-0.2, -0.15) is 11.8 Å². The summed E-state index contributed by atoms with van der Waals surface area (Å²) in [6.45, 7) is 6.16. The van der Waals surface area contributed by atoms with Crippen molar-refractivity contribution in [3.8, 4) is 0 Å². The molecule has 0 amide bonds. The van der Waals surface area contributed by atoms with Gasteiger partial charge in [0.1, 0.15) is 0 Å². The van der Waals surface area contributed by atoms with Crippen molar-refractivity contribution < 1.29 is 0 Å². The predicted molar refractivity (Wildman–Crippen MR) is 173 cm³/mol. The first-order chi connectivity index (χ1) is 19.3. The highest BCUT2D eigenvalue weighted by molar-refractivity contribution is 8.03. The van der Waals surface area contributed by atoms with Crippen LogP contribution in [0.4, 0.5) is 0 Å². The lowest BCUT2D eigenvalue weighted by Gasteiger charge is -2.25. The summed E-state index contributed by atoms with van der Waals surface area (Å²) in [6.07, 6.45) is 0. The van der Waals surface area contributed by atoms with E-state index in [-0.39, 0.29) is 0 Å². The van der Waals surface area contributed by atoms with Crippen LogP contribution in [0.15, 0.2) is 119 Å². The van der Waals surface area contributed by atoms with Crippen molar-refractivity contribution >= 4 is 35.3 Å². The van der Waals surface area contributed by atoms with E-state index >= 15 is 0 Å². The molecule has 2 nitrogen and oxygen atoms in total. The van der Waals surface area contributed by atoms with Gasteiger partial charge in [-0.05, 0) is 34.4 Å². The molecule has 5 heteroatoms. The zero-order chi connectivity index (χ0) is 26.5. The van der Waals surface area contributed by atoms with Crippen LogP contribution in [-0.4, -0.2) is 45.9 Å². The van der Waals surface area contributed by atoms with Crippen LogP contribution in [0, 0.1) is 0 Å². The van der Waals surface area contributed by atoms with Gasteiger partial charge in [0.25, 0.3) is 0 Å². The second-order valence-corrected chi connectivity index (χ2v) is 13.4. The second-order valence-electron chi connectivity index (χ2n) is 9.92. The van der Waals surface area contributed by atoms with Crippen molar-refractivity contribution in [2.45, 2.75) is 36.0 Å². The van der Waals surface area contributed by atoms with Crippen molar-refractivity contribution in [3.05, 3.63) is 131 Å². The summed E-state index contributed by atoms with van der Waals surface area (Å²) in [7, 11) is 0. The summed E-state index contributed by atoms with van der Waals surface area (Å²) in [5.74, 6) is 4.51. The van der Waals surface area contributed by atoms with E-state index in [2.05, 4.69) is 131 Å². The average Bonchev–Trinajstić information content (AvgIpc) is 2.97. The Morgan fingerprint density at radius 3 is 1.33 bits per heavy atom. The van der Waals surface area contributed by atoms with Gasteiger partial charge in [0.2, 0.25) is 0 Å². The van der Waals surface area contributed by atoms with Crippen LogP contribution < -0.4 is 0 Å². The van der Waals surface area contributed by atoms with Crippen LogP contribution in [0.1, 0.15) is 22.3 Å². The van der Waals surface area contributed by atoms with E-state index in [4.69, 9.17) is 0 Å². The summed E-state index contributed by atoms with van der Waals surface area (Å²) in [5.41, 5.74) is 5.68. The highest BCUT2D eigenvalue weighted by Gasteiger charge is 2.14. The van der Waals surface area contributed by atoms with Crippen molar-refractivity contribution in [1.29, 1.82) is 0 Å².